The lowest BCUT2D eigenvalue weighted by Gasteiger charge is -2.27. The van der Waals surface area contributed by atoms with Crippen molar-refractivity contribution in [2.75, 3.05) is 5.32 Å². The van der Waals surface area contributed by atoms with Crippen molar-refractivity contribution in [3.8, 4) is 0 Å². The van der Waals surface area contributed by atoms with Crippen molar-refractivity contribution in [3.05, 3.63) is 29.5 Å². The normalized spacial score (nSPS) is 20.8. The molecule has 5 heteroatoms. The predicted octanol–water partition coefficient (Wildman–Crippen LogP) is -0.249. The number of amides is 2. The number of carbonyl (C=O) groups is 1. The van der Waals surface area contributed by atoms with Gasteiger partial charge < -0.3 is 5.21 Å². The fraction of sp³-hybridized carbons (Fsp3) is 0. The van der Waals surface area contributed by atoms with Gasteiger partial charge in [0.2, 0.25) is 0 Å². The lowest BCUT2D eigenvalue weighted by Crippen LogP contribution is -3.11. The summed E-state index contributed by atoms with van der Waals surface area (Å²) in [6, 6.07) is 6.38. The van der Waals surface area contributed by atoms with E-state index in [2.05, 4.69) is 10.7 Å². The molecule has 1 aliphatic rings. The minimum atomic E-state index is -0.473. The third kappa shape index (κ3) is 1.01. The molecule has 1 atom stereocenters. The molecule has 0 aliphatic carbocycles. The Hall–Kier alpha value is -1.59. The third-order valence-electron chi connectivity index (χ3n) is 1.65. The van der Waals surface area contributed by atoms with Gasteiger partial charge in [0.1, 0.15) is 5.69 Å². The summed E-state index contributed by atoms with van der Waals surface area (Å²) in [5.41, 5.74) is 3.21. The number of urea groups is 1. The van der Waals surface area contributed by atoms with Crippen molar-refractivity contribution in [2.24, 2.45) is 0 Å². The fourth-order valence-electron chi connectivity index (χ4n) is 1.11. The van der Waals surface area contributed by atoms with E-state index in [1.165, 1.54) is 0 Å². The maximum absolute atomic E-state index is 11.1. The number of nitrogens with one attached hydrogen (secondary N) is 3. The first-order chi connectivity index (χ1) is 5.77. The molecule has 2 rings (SSSR count). The molecule has 62 valence electrons. The molecule has 3 N–H and O–H groups in total. The van der Waals surface area contributed by atoms with E-state index in [0.717, 1.165) is 0 Å². The Morgan fingerprint density at radius 3 is 2.92 bits per heavy atom. The van der Waals surface area contributed by atoms with E-state index in [4.69, 9.17) is 0 Å². The summed E-state index contributed by atoms with van der Waals surface area (Å²) >= 11 is 0. The van der Waals surface area contributed by atoms with Crippen molar-refractivity contribution in [1.29, 1.82) is 0 Å². The molecular formula is C7H7N3O2. The highest BCUT2D eigenvalue weighted by Gasteiger charge is 2.19. The smallest absolute Gasteiger partial charge is 0.364 e. The molecule has 0 spiro atoms. The molecule has 1 aromatic carbocycles. The van der Waals surface area contributed by atoms with Crippen LogP contribution in [0.15, 0.2) is 24.3 Å². The highest BCUT2D eigenvalue weighted by atomic mass is 16.5. The van der Waals surface area contributed by atoms with Crippen LogP contribution in [0, 0.1) is 5.21 Å². The van der Waals surface area contributed by atoms with Crippen LogP contribution in [0.25, 0.3) is 0 Å². The molecule has 0 fully saturated rings. The number of carbonyl (C=O) groups excluding carboxylic acids is 1. The summed E-state index contributed by atoms with van der Waals surface area (Å²) in [6.07, 6.45) is 0. The van der Waals surface area contributed by atoms with Crippen LogP contribution in [0.4, 0.5) is 16.2 Å². The number of quaternary nitrogens is 1. The zero-order valence-electron chi connectivity index (χ0n) is 6.13. The number of rotatable bonds is 0. The Morgan fingerprint density at radius 1 is 1.33 bits per heavy atom. The van der Waals surface area contributed by atoms with Crippen LogP contribution in [-0.2, 0) is 0 Å². The van der Waals surface area contributed by atoms with E-state index in [1.54, 1.807) is 24.3 Å². The topological polar surface area (TPSA) is 68.6 Å². The van der Waals surface area contributed by atoms with Gasteiger partial charge >= 0.3 is 6.03 Å². The maximum Gasteiger partial charge on any atom is 0.364 e. The number of anilines is 1. The molecule has 1 unspecified atom stereocenters. The van der Waals surface area contributed by atoms with Crippen molar-refractivity contribution >= 4 is 17.4 Å². The number of fused-ring (bicyclic) bond motifs is 1. The summed E-state index contributed by atoms with van der Waals surface area (Å²) in [5.74, 6) is 0. The lowest BCUT2D eigenvalue weighted by molar-refractivity contribution is -0.817. The molecule has 1 aromatic rings. The third-order valence-corrected chi connectivity index (χ3v) is 1.65. The number of hydrogen-bond acceptors (Lipinski definition) is 2. The number of benzene rings is 1. The summed E-state index contributed by atoms with van der Waals surface area (Å²) in [5, 5.41) is 13.3. The molecule has 0 radical (unpaired) electrons. The molecule has 0 saturated carbocycles. The summed E-state index contributed by atoms with van der Waals surface area (Å²) in [4.78, 5) is 10.8. The van der Waals surface area contributed by atoms with Crippen LogP contribution in [0.3, 0.4) is 0 Å². The van der Waals surface area contributed by atoms with Gasteiger partial charge in [0.05, 0.1) is 0 Å². The van der Waals surface area contributed by atoms with Gasteiger partial charge in [0, 0.05) is 6.07 Å². The highest BCUT2D eigenvalue weighted by molar-refractivity contribution is 5.92. The van der Waals surface area contributed by atoms with Crippen molar-refractivity contribution in [3.63, 3.8) is 0 Å². The SMILES string of the molecule is O=C1Nc2ccccc2[NH+]([O-])N1. The molecule has 1 heterocycles. The minimum absolute atomic E-state index is 0.352. The van der Waals surface area contributed by atoms with Gasteiger partial charge in [-0.15, -0.1) is 0 Å². The van der Waals surface area contributed by atoms with E-state index in [9.17, 15) is 10.0 Å². The molecule has 12 heavy (non-hydrogen) atoms. The van der Waals surface area contributed by atoms with Gasteiger partial charge in [0.25, 0.3) is 0 Å². The van der Waals surface area contributed by atoms with Crippen LogP contribution >= 0.6 is 0 Å². The first-order valence-corrected chi connectivity index (χ1v) is 3.49. The fourth-order valence-corrected chi connectivity index (χ4v) is 1.11. The first-order valence-electron chi connectivity index (χ1n) is 3.49. The average molecular weight is 165 g/mol. The van der Waals surface area contributed by atoms with Crippen LogP contribution in [-0.4, -0.2) is 6.03 Å². The monoisotopic (exact) mass is 165 g/mol. The number of para-hydroxylation sites is 2. The largest absolute Gasteiger partial charge is 0.603 e. The summed E-state index contributed by atoms with van der Waals surface area (Å²) in [6.45, 7) is 0. The molecule has 2 amide bonds. The van der Waals surface area contributed by atoms with Gasteiger partial charge in [-0.1, -0.05) is 12.1 Å². The van der Waals surface area contributed by atoms with Crippen molar-refractivity contribution in [1.82, 2.24) is 5.43 Å². The highest BCUT2D eigenvalue weighted by Crippen LogP contribution is 2.17. The van der Waals surface area contributed by atoms with Crippen molar-refractivity contribution in [2.45, 2.75) is 0 Å². The molecule has 0 aromatic heterocycles. The Balaban J connectivity index is 2.47. The second-order valence-corrected chi connectivity index (χ2v) is 2.45. The molecule has 5 nitrogen and oxygen atoms in total. The van der Waals surface area contributed by atoms with Crippen LogP contribution < -0.4 is 15.9 Å². The zero-order chi connectivity index (χ0) is 8.55. The average Bonchev–Trinajstić information content (AvgIpc) is 2.04. The van der Waals surface area contributed by atoms with Gasteiger partial charge in [-0.2, -0.15) is 5.43 Å². The Bertz CT molecular complexity index is 326. The molecule has 0 bridgehead atoms. The van der Waals surface area contributed by atoms with E-state index in [-0.39, 0.29) is 5.17 Å². The van der Waals surface area contributed by atoms with E-state index < -0.39 is 6.03 Å². The van der Waals surface area contributed by atoms with Gasteiger partial charge in [-0.25, -0.2) is 9.97 Å². The Labute approximate surface area is 68.5 Å². The van der Waals surface area contributed by atoms with Crippen molar-refractivity contribution < 1.29 is 9.97 Å². The summed E-state index contributed by atoms with van der Waals surface area (Å²) < 4.78 is 0. The quantitative estimate of drug-likeness (QED) is 0.464. The maximum atomic E-state index is 11.1. The van der Waals surface area contributed by atoms with E-state index >= 15 is 0 Å². The zero-order valence-corrected chi connectivity index (χ0v) is 6.13. The lowest BCUT2D eigenvalue weighted by atomic mass is 10.2. The van der Waals surface area contributed by atoms with E-state index in [1.807, 2.05) is 0 Å². The standard InChI is InChI=1S/C7H7N3O2/c11-7-8-5-3-1-2-4-6(5)10(12)9-7/h1-4,10H,(H2,8,9,11). The van der Waals surface area contributed by atoms with Crippen LogP contribution in [0.1, 0.15) is 0 Å². The second kappa shape index (κ2) is 2.47. The van der Waals surface area contributed by atoms with Gasteiger partial charge in [0.15, 0.2) is 5.69 Å². The van der Waals surface area contributed by atoms with Crippen LogP contribution in [0.2, 0.25) is 0 Å². The predicted molar refractivity (Wildman–Crippen MR) is 42.6 cm³/mol. The Morgan fingerprint density at radius 2 is 2.08 bits per heavy atom. The second-order valence-electron chi connectivity index (χ2n) is 2.45. The Kier molecular flexibility index (Phi) is 1.46. The van der Waals surface area contributed by atoms with Gasteiger partial charge in [-0.05, 0) is 6.07 Å². The van der Waals surface area contributed by atoms with Crippen LogP contribution in [0.5, 0.6) is 0 Å². The van der Waals surface area contributed by atoms with Gasteiger partial charge in [-0.3, -0.25) is 5.32 Å². The molecular weight excluding hydrogens is 158 g/mol. The molecule has 0 saturated heterocycles. The first kappa shape index (κ1) is 7.08. The summed E-state index contributed by atoms with van der Waals surface area (Å²) in [7, 11) is 0. The minimum Gasteiger partial charge on any atom is -0.603 e. The molecule has 1 aliphatic heterocycles. The van der Waals surface area contributed by atoms with E-state index in [0.29, 0.717) is 11.4 Å². The number of hydrogen-bond donors (Lipinski definition) is 3.